The molecule has 1 N–H and O–H groups in total. The fraction of sp³-hybridized carbons (Fsp3) is 0.235. The van der Waals surface area contributed by atoms with Crippen molar-refractivity contribution in [1.29, 1.82) is 0 Å². The molecule has 0 saturated carbocycles. The molecule has 3 rings (SSSR count). The van der Waals surface area contributed by atoms with E-state index in [0.717, 1.165) is 17.2 Å². The Kier molecular flexibility index (Phi) is 5.78. The van der Waals surface area contributed by atoms with Crippen LogP contribution in [0.3, 0.4) is 0 Å². The summed E-state index contributed by atoms with van der Waals surface area (Å²) in [5, 5.41) is 3.67. The van der Waals surface area contributed by atoms with E-state index in [0.29, 0.717) is 4.32 Å². The first-order chi connectivity index (χ1) is 12.7. The highest BCUT2D eigenvalue weighted by Crippen LogP contribution is 2.32. The Morgan fingerprint density at radius 2 is 2.15 bits per heavy atom. The molecule has 0 bridgehead atoms. The predicted octanol–water partition coefficient (Wildman–Crippen LogP) is 1.84. The molecule has 1 atom stereocenters. The lowest BCUT2D eigenvalue weighted by molar-refractivity contribution is -0.124. The van der Waals surface area contributed by atoms with Gasteiger partial charge in [0.25, 0.3) is 5.91 Å². The van der Waals surface area contributed by atoms with E-state index in [2.05, 4.69) is 5.32 Å². The molecule has 1 saturated heterocycles. The van der Waals surface area contributed by atoms with Crippen LogP contribution in [0.2, 0.25) is 0 Å². The van der Waals surface area contributed by atoms with Gasteiger partial charge in [-0.3, -0.25) is 14.5 Å². The van der Waals surface area contributed by atoms with Crippen molar-refractivity contribution in [3.63, 3.8) is 0 Å². The van der Waals surface area contributed by atoms with Crippen LogP contribution in [0.15, 0.2) is 40.7 Å². The predicted molar refractivity (Wildman–Crippen MR) is 106 cm³/mol. The summed E-state index contributed by atoms with van der Waals surface area (Å²) in [6, 6.07) is 5.51. The zero-order valence-electron chi connectivity index (χ0n) is 13.9. The molecule has 2 amide bonds. The largest absolute Gasteiger partial charge is 0.349 e. The van der Waals surface area contributed by atoms with Crippen molar-refractivity contribution in [3.8, 4) is 0 Å². The first-order valence-electron chi connectivity index (χ1n) is 7.95. The molecule has 2 heterocycles. The first kappa shape index (κ1) is 19.7. The second-order valence-corrected chi connectivity index (χ2v) is 9.54. The van der Waals surface area contributed by atoms with Gasteiger partial charge in [-0.15, -0.1) is 0 Å². The second kappa shape index (κ2) is 7.91. The minimum absolute atomic E-state index is 0.0240. The average molecular weight is 427 g/mol. The Hall–Kier alpha value is -2.04. The maximum Gasteiger partial charge on any atom is 0.266 e. The van der Waals surface area contributed by atoms with E-state index in [9.17, 15) is 22.4 Å². The summed E-state index contributed by atoms with van der Waals surface area (Å²) in [5.41, 5.74) is 0.282. The molecule has 2 aliphatic heterocycles. The molecule has 142 valence electrons. The Labute approximate surface area is 165 Å². The van der Waals surface area contributed by atoms with Gasteiger partial charge in [0.15, 0.2) is 9.84 Å². The van der Waals surface area contributed by atoms with Crippen LogP contribution >= 0.6 is 24.0 Å². The van der Waals surface area contributed by atoms with E-state index in [4.69, 9.17) is 12.2 Å². The van der Waals surface area contributed by atoms with Crippen molar-refractivity contribution in [2.75, 3.05) is 12.3 Å². The van der Waals surface area contributed by atoms with E-state index in [1.54, 1.807) is 18.2 Å². The number of hydrogen-bond donors (Lipinski definition) is 1. The van der Waals surface area contributed by atoms with Gasteiger partial charge in [0.05, 0.1) is 16.7 Å². The van der Waals surface area contributed by atoms with Crippen LogP contribution in [0.5, 0.6) is 0 Å². The molecule has 6 nitrogen and oxygen atoms in total. The minimum Gasteiger partial charge on any atom is -0.349 e. The molecule has 1 fully saturated rings. The van der Waals surface area contributed by atoms with Crippen molar-refractivity contribution in [1.82, 2.24) is 10.2 Å². The van der Waals surface area contributed by atoms with E-state index >= 15 is 0 Å². The first-order valence-corrected chi connectivity index (χ1v) is 10.9. The van der Waals surface area contributed by atoms with Gasteiger partial charge >= 0.3 is 0 Å². The summed E-state index contributed by atoms with van der Waals surface area (Å²) in [5.74, 6) is -1.37. The summed E-state index contributed by atoms with van der Waals surface area (Å²) in [6.45, 7) is 0.0638. The number of carbonyl (C=O) groups excluding carboxylic acids is 2. The lowest BCUT2D eigenvalue weighted by Gasteiger charge is -2.15. The molecule has 0 radical (unpaired) electrons. The van der Waals surface area contributed by atoms with E-state index in [1.807, 2.05) is 0 Å². The highest BCUT2D eigenvalue weighted by Gasteiger charge is 2.32. The van der Waals surface area contributed by atoms with Gasteiger partial charge in [0.2, 0.25) is 5.91 Å². The zero-order chi connectivity index (χ0) is 19.6. The summed E-state index contributed by atoms with van der Waals surface area (Å²) >= 11 is 6.23. The summed E-state index contributed by atoms with van der Waals surface area (Å²) < 4.78 is 36.7. The van der Waals surface area contributed by atoms with Crippen molar-refractivity contribution in [2.45, 2.75) is 12.5 Å². The number of carbonyl (C=O) groups is 2. The van der Waals surface area contributed by atoms with Gasteiger partial charge in [0.1, 0.15) is 10.1 Å². The maximum atomic E-state index is 13.8. The molecule has 0 spiro atoms. The molecule has 2 aliphatic rings. The minimum atomic E-state index is -3.25. The highest BCUT2D eigenvalue weighted by molar-refractivity contribution is 8.26. The molecule has 0 aromatic heterocycles. The number of thioether (sulfide) groups is 1. The summed E-state index contributed by atoms with van der Waals surface area (Å²) in [7, 11) is -3.25. The van der Waals surface area contributed by atoms with Gasteiger partial charge < -0.3 is 5.32 Å². The Bertz CT molecular complexity index is 972. The quantitative estimate of drug-likeness (QED) is 0.572. The second-order valence-electron chi connectivity index (χ2n) is 5.94. The van der Waals surface area contributed by atoms with Crippen LogP contribution in [-0.4, -0.2) is 47.8 Å². The van der Waals surface area contributed by atoms with Gasteiger partial charge in [-0.25, -0.2) is 12.8 Å². The van der Waals surface area contributed by atoms with Crippen LogP contribution < -0.4 is 5.32 Å². The standard InChI is InChI=1S/C17H15FN2O4S3/c18-13-4-2-1-3-11(13)9-14-16(22)20(17(25)26-14)7-5-15(21)19-12-6-8-27(23,24)10-12/h1-4,6,8-9,12H,5,7,10H2,(H,19,21)/b14-9-/t12-/m0/s1. The number of rotatable bonds is 5. The normalized spacial score (nSPS) is 22.6. The number of sulfone groups is 1. The van der Waals surface area contributed by atoms with Gasteiger partial charge in [0, 0.05) is 23.9 Å². The third-order valence-corrected chi connectivity index (χ3v) is 6.68. The van der Waals surface area contributed by atoms with Gasteiger partial charge in [-0.1, -0.05) is 42.2 Å². The Morgan fingerprint density at radius 3 is 2.81 bits per heavy atom. The van der Waals surface area contributed by atoms with Crippen molar-refractivity contribution >= 4 is 56.0 Å². The number of halogens is 1. The third-order valence-electron chi connectivity index (χ3n) is 3.90. The van der Waals surface area contributed by atoms with Gasteiger partial charge in [-0.2, -0.15) is 0 Å². The lowest BCUT2D eigenvalue weighted by atomic mass is 10.2. The number of nitrogens with zero attached hydrogens (tertiary/aromatic N) is 1. The topological polar surface area (TPSA) is 83.6 Å². The van der Waals surface area contributed by atoms with Crippen molar-refractivity contribution < 1.29 is 22.4 Å². The smallest absolute Gasteiger partial charge is 0.266 e. The molecule has 1 aromatic rings. The average Bonchev–Trinajstić information content (AvgIpc) is 3.07. The molecule has 1 aromatic carbocycles. The van der Waals surface area contributed by atoms with E-state index in [1.165, 1.54) is 23.1 Å². The SMILES string of the molecule is O=C(CCN1C(=O)/C(=C/c2ccccc2F)SC1=S)N[C@H]1C=CS(=O)(=O)C1. The maximum absolute atomic E-state index is 13.8. The fourth-order valence-electron chi connectivity index (χ4n) is 2.58. The monoisotopic (exact) mass is 426 g/mol. The Morgan fingerprint density at radius 1 is 1.41 bits per heavy atom. The Balaban J connectivity index is 1.59. The molecule has 0 unspecified atom stereocenters. The molecular weight excluding hydrogens is 411 g/mol. The molecule has 27 heavy (non-hydrogen) atoms. The number of nitrogens with one attached hydrogen (secondary N) is 1. The van der Waals surface area contributed by atoms with E-state index < -0.39 is 21.7 Å². The number of thiocarbonyl (C=S) groups is 1. The third kappa shape index (κ3) is 4.82. The number of benzene rings is 1. The van der Waals surface area contributed by atoms with Gasteiger partial charge in [-0.05, 0) is 18.2 Å². The van der Waals surface area contributed by atoms with Crippen LogP contribution in [0.4, 0.5) is 4.39 Å². The number of amides is 2. The van der Waals surface area contributed by atoms with Crippen molar-refractivity contribution in [3.05, 3.63) is 52.0 Å². The fourth-order valence-corrected chi connectivity index (χ4v) is 5.12. The summed E-state index contributed by atoms with van der Waals surface area (Å²) in [4.78, 5) is 26.1. The lowest BCUT2D eigenvalue weighted by Crippen LogP contribution is -2.38. The molecular formula is C17H15FN2O4S3. The number of hydrogen-bond acceptors (Lipinski definition) is 6. The molecule has 0 aliphatic carbocycles. The zero-order valence-corrected chi connectivity index (χ0v) is 16.4. The van der Waals surface area contributed by atoms with Crippen LogP contribution in [0.1, 0.15) is 12.0 Å². The summed E-state index contributed by atoms with van der Waals surface area (Å²) in [6.07, 6.45) is 2.83. The van der Waals surface area contributed by atoms with Crippen LogP contribution in [-0.2, 0) is 19.4 Å². The molecule has 10 heteroatoms. The van der Waals surface area contributed by atoms with Crippen molar-refractivity contribution in [2.24, 2.45) is 0 Å². The highest BCUT2D eigenvalue weighted by atomic mass is 32.2. The van der Waals surface area contributed by atoms with Crippen LogP contribution in [0.25, 0.3) is 6.08 Å². The van der Waals surface area contributed by atoms with E-state index in [-0.39, 0.29) is 41.0 Å². The van der Waals surface area contributed by atoms with Crippen LogP contribution in [0, 0.1) is 5.82 Å².